The van der Waals surface area contributed by atoms with E-state index in [4.69, 9.17) is 4.74 Å². The Balaban J connectivity index is 1.61. The molecule has 0 unspecified atom stereocenters. The normalized spacial score (nSPS) is 23.3. The van der Waals surface area contributed by atoms with Crippen LogP contribution in [0.4, 0.5) is 4.39 Å². The van der Waals surface area contributed by atoms with Gasteiger partial charge in [0.05, 0.1) is 11.6 Å². The number of carbonyl (C=O) groups excluding carboxylic acids is 2. The maximum Gasteiger partial charge on any atom is 0.255 e. The van der Waals surface area contributed by atoms with Gasteiger partial charge >= 0.3 is 0 Å². The third-order valence-electron chi connectivity index (χ3n) is 6.00. The number of amides is 2. The van der Waals surface area contributed by atoms with Crippen molar-refractivity contribution in [3.8, 4) is 0 Å². The highest BCUT2D eigenvalue weighted by Gasteiger charge is 2.50. The molecule has 2 aliphatic heterocycles. The molecule has 7 heteroatoms. The second-order valence-electron chi connectivity index (χ2n) is 7.80. The van der Waals surface area contributed by atoms with Gasteiger partial charge in [-0.2, -0.15) is 0 Å². The average molecular weight is 397 g/mol. The van der Waals surface area contributed by atoms with Gasteiger partial charge in [0.25, 0.3) is 5.91 Å². The van der Waals surface area contributed by atoms with Crippen LogP contribution >= 0.6 is 0 Å². The summed E-state index contributed by atoms with van der Waals surface area (Å²) in [5.74, 6) is -0.291. The van der Waals surface area contributed by atoms with Crippen LogP contribution in [0.25, 0.3) is 0 Å². The topological polar surface area (TPSA) is 62.7 Å². The molecule has 6 nitrogen and oxygen atoms in total. The van der Waals surface area contributed by atoms with Crippen LogP contribution in [0, 0.1) is 24.6 Å². The Kier molecular flexibility index (Phi) is 5.32. The SMILES string of the molecule is COCC(=O)N1C[C@H]2CN(C(=O)c3cnccc3C)C[C@H]2[C@@H]1c1cccc(F)c1. The van der Waals surface area contributed by atoms with Gasteiger partial charge in [0, 0.05) is 51.0 Å². The fraction of sp³-hybridized carbons (Fsp3) is 0.409. The fourth-order valence-corrected chi connectivity index (χ4v) is 4.65. The molecular formula is C22H24FN3O3. The van der Waals surface area contributed by atoms with Crippen molar-refractivity contribution < 1.29 is 18.7 Å². The molecule has 152 valence electrons. The molecule has 0 N–H and O–H groups in total. The van der Waals surface area contributed by atoms with E-state index >= 15 is 0 Å². The molecule has 0 bridgehead atoms. The summed E-state index contributed by atoms with van der Waals surface area (Å²) >= 11 is 0. The molecule has 0 spiro atoms. The summed E-state index contributed by atoms with van der Waals surface area (Å²) in [5.41, 5.74) is 2.25. The molecule has 1 aromatic heterocycles. The van der Waals surface area contributed by atoms with Crippen molar-refractivity contribution in [2.24, 2.45) is 11.8 Å². The number of ether oxygens (including phenoxy) is 1. The Bertz CT molecular complexity index is 935. The van der Waals surface area contributed by atoms with Gasteiger partial charge in [0.15, 0.2) is 0 Å². The lowest BCUT2D eigenvalue weighted by Crippen LogP contribution is -2.39. The van der Waals surface area contributed by atoms with Crippen LogP contribution in [0.3, 0.4) is 0 Å². The molecule has 0 radical (unpaired) electrons. The Morgan fingerprint density at radius 2 is 2.07 bits per heavy atom. The van der Waals surface area contributed by atoms with Gasteiger partial charge in [-0.05, 0) is 36.2 Å². The number of fused-ring (bicyclic) bond motifs is 1. The third kappa shape index (κ3) is 3.62. The lowest BCUT2D eigenvalue weighted by atomic mass is 9.89. The maximum atomic E-state index is 13.9. The number of likely N-dealkylation sites (tertiary alicyclic amines) is 2. The molecule has 2 aromatic rings. The molecule has 4 rings (SSSR count). The van der Waals surface area contributed by atoms with Crippen LogP contribution in [0.5, 0.6) is 0 Å². The first-order valence-corrected chi connectivity index (χ1v) is 9.73. The standard InChI is InChI=1S/C22H24FN3O3/c1-14-6-7-24-9-18(14)22(28)25-10-16-11-26(20(27)13-29-2)21(19(16)12-25)15-4-3-5-17(23)8-15/h3-9,16,19,21H,10-13H2,1-2H3/t16-,19-,21+/m1/s1. The Labute approximate surface area is 169 Å². The van der Waals surface area contributed by atoms with E-state index in [0.29, 0.717) is 25.2 Å². The largest absolute Gasteiger partial charge is 0.375 e. The van der Waals surface area contributed by atoms with Gasteiger partial charge in [-0.3, -0.25) is 14.6 Å². The highest BCUT2D eigenvalue weighted by Crippen LogP contribution is 2.45. The number of benzene rings is 1. The number of hydrogen-bond acceptors (Lipinski definition) is 4. The van der Waals surface area contributed by atoms with Crippen LogP contribution in [-0.4, -0.2) is 59.9 Å². The summed E-state index contributed by atoms with van der Waals surface area (Å²) in [6, 6.07) is 7.94. The average Bonchev–Trinajstić information content (AvgIpc) is 3.26. The van der Waals surface area contributed by atoms with Crippen LogP contribution in [0.2, 0.25) is 0 Å². The Morgan fingerprint density at radius 3 is 2.79 bits per heavy atom. The lowest BCUT2D eigenvalue weighted by Gasteiger charge is -2.30. The predicted octanol–water partition coefficient (Wildman–Crippen LogP) is 2.45. The summed E-state index contributed by atoms with van der Waals surface area (Å²) < 4.78 is 19.0. The van der Waals surface area contributed by atoms with Crippen molar-refractivity contribution in [1.82, 2.24) is 14.8 Å². The molecule has 2 aliphatic rings. The number of carbonyl (C=O) groups is 2. The zero-order valence-corrected chi connectivity index (χ0v) is 16.5. The van der Waals surface area contributed by atoms with Gasteiger partial charge < -0.3 is 14.5 Å². The molecule has 3 atom stereocenters. The minimum atomic E-state index is -0.331. The van der Waals surface area contributed by atoms with E-state index in [-0.39, 0.29) is 42.1 Å². The van der Waals surface area contributed by atoms with Gasteiger partial charge in [-0.15, -0.1) is 0 Å². The van der Waals surface area contributed by atoms with Crippen LogP contribution in [-0.2, 0) is 9.53 Å². The predicted molar refractivity (Wildman–Crippen MR) is 105 cm³/mol. The van der Waals surface area contributed by atoms with Crippen molar-refractivity contribution in [2.45, 2.75) is 13.0 Å². The van der Waals surface area contributed by atoms with E-state index in [9.17, 15) is 14.0 Å². The number of hydrogen-bond donors (Lipinski definition) is 0. The van der Waals surface area contributed by atoms with E-state index in [1.54, 1.807) is 23.4 Å². The number of halogens is 1. The van der Waals surface area contributed by atoms with Gasteiger partial charge in [-0.1, -0.05) is 12.1 Å². The first-order chi connectivity index (χ1) is 14.0. The summed E-state index contributed by atoms with van der Waals surface area (Å²) in [6.07, 6.45) is 3.27. The van der Waals surface area contributed by atoms with Crippen molar-refractivity contribution >= 4 is 11.8 Å². The molecule has 1 aromatic carbocycles. The molecule has 0 saturated carbocycles. The molecule has 3 heterocycles. The molecule has 29 heavy (non-hydrogen) atoms. The minimum Gasteiger partial charge on any atom is -0.375 e. The monoisotopic (exact) mass is 397 g/mol. The first-order valence-electron chi connectivity index (χ1n) is 9.73. The number of aryl methyl sites for hydroxylation is 1. The number of pyridine rings is 1. The maximum absolute atomic E-state index is 13.9. The van der Waals surface area contributed by atoms with E-state index < -0.39 is 0 Å². The molecule has 2 saturated heterocycles. The van der Waals surface area contributed by atoms with Crippen molar-refractivity contribution in [2.75, 3.05) is 33.4 Å². The van der Waals surface area contributed by atoms with Gasteiger partial charge in [0.2, 0.25) is 5.91 Å². The molecule has 2 fully saturated rings. The second kappa shape index (κ2) is 7.91. The summed E-state index contributed by atoms with van der Waals surface area (Å²) in [6.45, 7) is 3.51. The molecular weight excluding hydrogens is 373 g/mol. The van der Waals surface area contributed by atoms with E-state index in [1.807, 2.05) is 24.0 Å². The van der Waals surface area contributed by atoms with Crippen molar-refractivity contribution in [3.05, 3.63) is 65.2 Å². The minimum absolute atomic E-state index is 0.0111. The highest BCUT2D eigenvalue weighted by atomic mass is 19.1. The Hall–Kier alpha value is -2.80. The second-order valence-corrected chi connectivity index (χ2v) is 7.80. The van der Waals surface area contributed by atoms with Crippen LogP contribution < -0.4 is 0 Å². The molecule has 0 aliphatic carbocycles. The first kappa shape index (κ1) is 19.5. The van der Waals surface area contributed by atoms with Crippen LogP contribution in [0.15, 0.2) is 42.7 Å². The fourth-order valence-electron chi connectivity index (χ4n) is 4.65. The summed E-state index contributed by atoms with van der Waals surface area (Å²) in [4.78, 5) is 33.4. The number of aromatic nitrogens is 1. The number of rotatable bonds is 4. The van der Waals surface area contributed by atoms with E-state index in [0.717, 1.165) is 11.1 Å². The number of methoxy groups -OCH3 is 1. The van der Waals surface area contributed by atoms with Crippen LogP contribution in [0.1, 0.15) is 27.5 Å². The third-order valence-corrected chi connectivity index (χ3v) is 6.00. The smallest absolute Gasteiger partial charge is 0.255 e. The zero-order valence-electron chi connectivity index (χ0n) is 16.5. The van der Waals surface area contributed by atoms with Gasteiger partial charge in [-0.25, -0.2) is 4.39 Å². The van der Waals surface area contributed by atoms with Gasteiger partial charge in [0.1, 0.15) is 12.4 Å². The quantitative estimate of drug-likeness (QED) is 0.795. The van der Waals surface area contributed by atoms with Crippen molar-refractivity contribution in [1.29, 1.82) is 0 Å². The van der Waals surface area contributed by atoms with Crippen molar-refractivity contribution in [3.63, 3.8) is 0 Å². The summed E-state index contributed by atoms with van der Waals surface area (Å²) in [7, 11) is 1.49. The Morgan fingerprint density at radius 1 is 1.24 bits per heavy atom. The van der Waals surface area contributed by atoms with E-state index in [1.165, 1.54) is 19.2 Å². The number of nitrogens with zero attached hydrogens (tertiary/aromatic N) is 3. The summed E-state index contributed by atoms with van der Waals surface area (Å²) in [5, 5.41) is 0. The zero-order chi connectivity index (χ0) is 20.5. The highest BCUT2D eigenvalue weighted by molar-refractivity contribution is 5.95. The van der Waals surface area contributed by atoms with E-state index in [2.05, 4.69) is 4.98 Å². The lowest BCUT2D eigenvalue weighted by molar-refractivity contribution is -0.136. The molecule has 2 amide bonds.